The Labute approximate surface area is 174 Å². The van der Waals surface area contributed by atoms with Crippen molar-refractivity contribution in [1.29, 1.82) is 0 Å². The van der Waals surface area contributed by atoms with Gasteiger partial charge in [-0.25, -0.2) is 4.39 Å². The number of nitrogens with one attached hydrogen (secondary N) is 1. The Morgan fingerprint density at radius 3 is 2.57 bits per heavy atom. The van der Waals surface area contributed by atoms with E-state index in [1.54, 1.807) is 0 Å². The van der Waals surface area contributed by atoms with E-state index in [0.717, 1.165) is 16.7 Å². The third kappa shape index (κ3) is 4.71. The molecular weight excluding hydrogens is 413 g/mol. The number of benzene rings is 2. The second-order valence-corrected chi connectivity index (χ2v) is 7.39. The van der Waals surface area contributed by atoms with Crippen molar-refractivity contribution in [1.82, 2.24) is 10.2 Å². The number of carbonyl (C=O) groups excluding carboxylic acids is 3. The summed E-state index contributed by atoms with van der Waals surface area (Å²) < 4.78 is 13.0. The van der Waals surface area contributed by atoms with Gasteiger partial charge >= 0.3 is 0 Å². The summed E-state index contributed by atoms with van der Waals surface area (Å²) in [5.41, 5.74) is 1.09. The van der Waals surface area contributed by atoms with Crippen LogP contribution in [-0.4, -0.2) is 40.0 Å². The highest BCUT2D eigenvalue weighted by molar-refractivity contribution is 8.18. The summed E-state index contributed by atoms with van der Waals surface area (Å²) in [6.45, 7) is 1.53. The Kier molecular flexibility index (Phi) is 6.26. The molecule has 3 amide bonds. The maximum Gasteiger partial charge on any atom is 0.293 e. The first-order chi connectivity index (χ1) is 14.3. The van der Waals surface area contributed by atoms with Crippen LogP contribution >= 0.6 is 11.8 Å². The first kappa shape index (κ1) is 21.2. The highest BCUT2D eigenvalue weighted by Gasteiger charge is 2.34. The fourth-order valence-corrected chi connectivity index (χ4v) is 3.65. The van der Waals surface area contributed by atoms with Gasteiger partial charge in [-0.05, 0) is 54.6 Å². The molecule has 0 unspecified atom stereocenters. The van der Waals surface area contributed by atoms with Crippen molar-refractivity contribution in [2.75, 3.05) is 13.1 Å². The van der Waals surface area contributed by atoms with Crippen molar-refractivity contribution in [2.45, 2.75) is 6.92 Å². The Morgan fingerprint density at radius 1 is 1.23 bits per heavy atom. The zero-order chi connectivity index (χ0) is 21.8. The summed E-state index contributed by atoms with van der Waals surface area (Å²) in [5.74, 6) is -1.37. The number of halogens is 1. The molecule has 0 radical (unpaired) electrons. The van der Waals surface area contributed by atoms with Crippen molar-refractivity contribution < 1.29 is 23.7 Å². The minimum Gasteiger partial charge on any atom is -0.350 e. The Hall–Kier alpha value is -3.53. The molecule has 1 N–H and O–H groups in total. The molecule has 1 saturated heterocycles. The van der Waals surface area contributed by atoms with Crippen molar-refractivity contribution in [3.05, 3.63) is 80.0 Å². The van der Waals surface area contributed by atoms with Gasteiger partial charge in [0.25, 0.3) is 22.7 Å². The van der Waals surface area contributed by atoms with E-state index in [1.807, 2.05) is 0 Å². The molecule has 10 heteroatoms. The van der Waals surface area contributed by atoms with Crippen LogP contribution in [0.4, 0.5) is 14.9 Å². The minimum atomic E-state index is -0.531. The van der Waals surface area contributed by atoms with Crippen molar-refractivity contribution >= 4 is 40.6 Å². The first-order valence-corrected chi connectivity index (χ1v) is 9.62. The van der Waals surface area contributed by atoms with Crippen LogP contribution in [0.25, 0.3) is 6.08 Å². The first-order valence-electron chi connectivity index (χ1n) is 8.80. The van der Waals surface area contributed by atoms with Crippen molar-refractivity contribution in [3.8, 4) is 0 Å². The molecule has 1 heterocycles. The van der Waals surface area contributed by atoms with E-state index >= 15 is 0 Å². The fraction of sp³-hybridized carbons (Fsp3) is 0.150. The van der Waals surface area contributed by atoms with Gasteiger partial charge in [0.05, 0.1) is 9.83 Å². The molecule has 3 rings (SSSR count). The summed E-state index contributed by atoms with van der Waals surface area (Å²) in [5, 5.41) is 13.0. The van der Waals surface area contributed by atoms with Gasteiger partial charge in [0.2, 0.25) is 0 Å². The molecule has 1 fully saturated rings. The number of nitrogens with zero attached hydrogens (tertiary/aromatic N) is 2. The molecule has 0 spiro atoms. The summed E-state index contributed by atoms with van der Waals surface area (Å²) in [7, 11) is 0. The molecule has 2 aromatic rings. The number of nitro benzene ring substituents is 1. The molecule has 0 saturated carbocycles. The number of thioether (sulfide) groups is 1. The standard InChI is InChI=1S/C20H16FN3O5S/c1-12-10-14(4-7-16(12)24(28)29)18(25)22-8-9-23-19(26)17(30-20(23)27)11-13-2-5-15(21)6-3-13/h2-7,10-11H,8-9H2,1H3,(H,22,25)/b17-11-. The molecule has 8 nitrogen and oxygen atoms in total. The van der Waals surface area contributed by atoms with E-state index in [1.165, 1.54) is 55.5 Å². The predicted molar refractivity (Wildman–Crippen MR) is 109 cm³/mol. The van der Waals surface area contributed by atoms with Crippen molar-refractivity contribution in [3.63, 3.8) is 0 Å². The van der Waals surface area contributed by atoms with Crippen LogP contribution in [0.5, 0.6) is 0 Å². The maximum atomic E-state index is 13.0. The van der Waals surface area contributed by atoms with Gasteiger partial charge in [-0.2, -0.15) is 0 Å². The Balaban J connectivity index is 1.59. The average molecular weight is 429 g/mol. The van der Waals surface area contributed by atoms with Gasteiger partial charge in [0, 0.05) is 30.3 Å². The van der Waals surface area contributed by atoms with Crippen LogP contribution in [0.1, 0.15) is 21.5 Å². The molecule has 30 heavy (non-hydrogen) atoms. The van der Waals surface area contributed by atoms with E-state index < -0.39 is 27.8 Å². The predicted octanol–water partition coefficient (Wildman–Crippen LogP) is 3.51. The van der Waals surface area contributed by atoms with Gasteiger partial charge in [0.15, 0.2) is 0 Å². The van der Waals surface area contributed by atoms with E-state index in [0.29, 0.717) is 11.1 Å². The van der Waals surface area contributed by atoms with Crippen molar-refractivity contribution in [2.24, 2.45) is 0 Å². The normalized spacial score (nSPS) is 15.0. The molecule has 1 aliphatic rings. The Morgan fingerprint density at radius 2 is 1.93 bits per heavy atom. The summed E-state index contributed by atoms with van der Waals surface area (Å²) in [4.78, 5) is 48.3. The average Bonchev–Trinajstić information content (AvgIpc) is 2.96. The number of nitro groups is 1. The molecular formula is C20H16FN3O5S. The minimum absolute atomic E-state index is 0.0245. The van der Waals surface area contributed by atoms with Gasteiger partial charge in [0.1, 0.15) is 5.82 Å². The van der Waals surface area contributed by atoms with E-state index in [4.69, 9.17) is 0 Å². The topological polar surface area (TPSA) is 110 Å². The van der Waals surface area contributed by atoms with Crippen LogP contribution in [0.15, 0.2) is 47.4 Å². The highest BCUT2D eigenvalue weighted by atomic mass is 32.2. The van der Waals surface area contributed by atoms with Gasteiger partial charge < -0.3 is 5.32 Å². The van der Waals surface area contributed by atoms with Gasteiger partial charge in [-0.1, -0.05) is 12.1 Å². The molecule has 2 aromatic carbocycles. The van der Waals surface area contributed by atoms with E-state index in [2.05, 4.69) is 5.32 Å². The SMILES string of the molecule is Cc1cc(C(=O)NCCN2C(=O)S/C(=C\c3ccc(F)cc3)C2=O)ccc1[N+](=O)[O-]. The molecule has 0 aromatic heterocycles. The third-order valence-electron chi connectivity index (χ3n) is 4.32. The number of aryl methyl sites for hydroxylation is 1. The summed E-state index contributed by atoms with van der Waals surface area (Å²) in [6, 6.07) is 9.49. The lowest BCUT2D eigenvalue weighted by atomic mass is 10.1. The second-order valence-electron chi connectivity index (χ2n) is 6.40. The maximum absolute atomic E-state index is 13.0. The Bertz CT molecular complexity index is 1070. The lowest BCUT2D eigenvalue weighted by Gasteiger charge is -2.13. The third-order valence-corrected chi connectivity index (χ3v) is 5.23. The zero-order valence-corrected chi connectivity index (χ0v) is 16.6. The lowest BCUT2D eigenvalue weighted by Crippen LogP contribution is -2.37. The van der Waals surface area contributed by atoms with Crippen LogP contribution in [0.3, 0.4) is 0 Å². The molecule has 154 valence electrons. The zero-order valence-electron chi connectivity index (χ0n) is 15.8. The fourth-order valence-electron chi connectivity index (χ4n) is 2.79. The number of carbonyl (C=O) groups is 3. The number of imide groups is 1. The van der Waals surface area contributed by atoms with E-state index in [-0.39, 0.29) is 29.2 Å². The monoisotopic (exact) mass is 429 g/mol. The largest absolute Gasteiger partial charge is 0.350 e. The quantitative estimate of drug-likeness (QED) is 0.428. The molecule has 1 aliphatic heterocycles. The smallest absolute Gasteiger partial charge is 0.293 e. The second kappa shape index (κ2) is 8.87. The van der Waals surface area contributed by atoms with Crippen LogP contribution in [-0.2, 0) is 4.79 Å². The van der Waals surface area contributed by atoms with Gasteiger partial charge in [-0.3, -0.25) is 29.4 Å². The van der Waals surface area contributed by atoms with Crippen LogP contribution < -0.4 is 5.32 Å². The number of rotatable bonds is 6. The number of hydrogen-bond donors (Lipinski definition) is 1. The summed E-state index contributed by atoms with van der Waals surface area (Å²) in [6.07, 6.45) is 1.50. The van der Waals surface area contributed by atoms with E-state index in [9.17, 15) is 28.9 Å². The summed E-state index contributed by atoms with van der Waals surface area (Å²) >= 11 is 0.771. The molecule has 0 bridgehead atoms. The number of hydrogen-bond acceptors (Lipinski definition) is 6. The van der Waals surface area contributed by atoms with Gasteiger partial charge in [-0.15, -0.1) is 0 Å². The van der Waals surface area contributed by atoms with Crippen LogP contribution in [0, 0.1) is 22.9 Å². The molecule has 0 aliphatic carbocycles. The lowest BCUT2D eigenvalue weighted by molar-refractivity contribution is -0.385. The van der Waals surface area contributed by atoms with Crippen LogP contribution in [0.2, 0.25) is 0 Å². The number of amides is 3. The molecule has 0 atom stereocenters. The highest BCUT2D eigenvalue weighted by Crippen LogP contribution is 2.31.